The molecular formula is C16H18N2O. The first-order valence-corrected chi connectivity index (χ1v) is 6.79. The van der Waals surface area contributed by atoms with E-state index in [2.05, 4.69) is 22.5 Å². The summed E-state index contributed by atoms with van der Waals surface area (Å²) >= 11 is 0. The molecule has 98 valence electrons. The van der Waals surface area contributed by atoms with Gasteiger partial charge < -0.3 is 9.67 Å². The van der Waals surface area contributed by atoms with Crippen molar-refractivity contribution < 1.29 is 5.11 Å². The minimum absolute atomic E-state index is 0.318. The molecule has 3 nitrogen and oxygen atoms in total. The molecule has 1 N–H and O–H groups in total. The van der Waals surface area contributed by atoms with E-state index in [1.807, 2.05) is 25.3 Å². The number of nitrogens with zero attached hydrogens (tertiary/aromatic N) is 2. The second-order valence-electron chi connectivity index (χ2n) is 5.00. The molecule has 0 aliphatic heterocycles. The minimum Gasteiger partial charge on any atom is -0.508 e. The zero-order chi connectivity index (χ0) is 13.4. The molecule has 19 heavy (non-hydrogen) atoms. The lowest BCUT2D eigenvalue weighted by atomic mass is 10.1. The van der Waals surface area contributed by atoms with Crippen LogP contribution in [0, 0.1) is 6.92 Å². The van der Waals surface area contributed by atoms with Gasteiger partial charge in [-0.1, -0.05) is 13.3 Å². The molecule has 0 aliphatic rings. The third-order valence-corrected chi connectivity index (χ3v) is 3.67. The molecule has 0 saturated carbocycles. The second-order valence-corrected chi connectivity index (χ2v) is 5.00. The van der Waals surface area contributed by atoms with Crippen LogP contribution < -0.4 is 0 Å². The predicted molar refractivity (Wildman–Crippen MR) is 78.5 cm³/mol. The topological polar surface area (TPSA) is 38.0 Å². The third kappa shape index (κ3) is 1.86. The summed E-state index contributed by atoms with van der Waals surface area (Å²) in [5, 5.41) is 12.2. The van der Waals surface area contributed by atoms with Gasteiger partial charge in [0, 0.05) is 29.6 Å². The molecule has 3 rings (SSSR count). The summed E-state index contributed by atoms with van der Waals surface area (Å²) in [5.41, 5.74) is 3.33. The number of pyridine rings is 1. The molecule has 1 aromatic carbocycles. The van der Waals surface area contributed by atoms with Crippen molar-refractivity contribution in [1.29, 1.82) is 0 Å². The molecule has 0 spiro atoms. The minimum atomic E-state index is 0.318. The molecule has 0 unspecified atom stereocenters. The number of hydrogen-bond donors (Lipinski definition) is 1. The van der Waals surface area contributed by atoms with Crippen LogP contribution in [0.4, 0.5) is 0 Å². The second kappa shape index (κ2) is 4.57. The van der Waals surface area contributed by atoms with Crippen molar-refractivity contribution in [3.05, 3.63) is 36.2 Å². The monoisotopic (exact) mass is 254 g/mol. The van der Waals surface area contributed by atoms with Gasteiger partial charge in [0.25, 0.3) is 0 Å². The lowest BCUT2D eigenvalue weighted by Gasteiger charge is -2.07. The number of benzene rings is 1. The van der Waals surface area contributed by atoms with E-state index in [0.717, 1.165) is 30.6 Å². The fourth-order valence-corrected chi connectivity index (χ4v) is 2.76. The van der Waals surface area contributed by atoms with Crippen molar-refractivity contribution in [2.45, 2.75) is 33.2 Å². The molecule has 0 saturated heterocycles. The van der Waals surface area contributed by atoms with E-state index < -0.39 is 0 Å². The Bertz CT molecular complexity index is 743. The van der Waals surface area contributed by atoms with Gasteiger partial charge in [0.1, 0.15) is 5.75 Å². The zero-order valence-corrected chi connectivity index (χ0v) is 11.3. The first kappa shape index (κ1) is 12.0. The molecule has 0 radical (unpaired) electrons. The Morgan fingerprint density at radius 3 is 2.84 bits per heavy atom. The number of rotatable bonds is 3. The molecule has 0 amide bonds. The van der Waals surface area contributed by atoms with E-state index in [0.29, 0.717) is 5.75 Å². The van der Waals surface area contributed by atoms with Crippen LogP contribution in [-0.2, 0) is 6.54 Å². The Morgan fingerprint density at radius 1 is 1.21 bits per heavy atom. The third-order valence-electron chi connectivity index (χ3n) is 3.67. The maximum Gasteiger partial charge on any atom is 0.117 e. The molecule has 0 aliphatic carbocycles. The zero-order valence-electron chi connectivity index (χ0n) is 11.3. The normalized spacial score (nSPS) is 11.5. The van der Waals surface area contributed by atoms with Gasteiger partial charge in [-0.25, -0.2) is 0 Å². The van der Waals surface area contributed by atoms with Crippen molar-refractivity contribution in [3.63, 3.8) is 0 Å². The maximum absolute atomic E-state index is 9.75. The number of aromatic nitrogens is 2. The van der Waals surface area contributed by atoms with Crippen molar-refractivity contribution in [2.75, 3.05) is 0 Å². The van der Waals surface area contributed by atoms with E-state index >= 15 is 0 Å². The summed E-state index contributed by atoms with van der Waals surface area (Å²) in [6, 6.07) is 7.66. The molecule has 0 bridgehead atoms. The van der Waals surface area contributed by atoms with Crippen LogP contribution in [0.1, 0.15) is 25.5 Å². The fourth-order valence-electron chi connectivity index (χ4n) is 2.76. The summed E-state index contributed by atoms with van der Waals surface area (Å²) in [7, 11) is 0. The summed E-state index contributed by atoms with van der Waals surface area (Å²) < 4.78 is 2.29. The van der Waals surface area contributed by atoms with Crippen LogP contribution in [0.2, 0.25) is 0 Å². The summed E-state index contributed by atoms with van der Waals surface area (Å²) in [4.78, 5) is 4.41. The summed E-state index contributed by atoms with van der Waals surface area (Å²) in [6.45, 7) is 5.20. The summed E-state index contributed by atoms with van der Waals surface area (Å²) in [6.07, 6.45) is 4.14. The molecular weight excluding hydrogens is 236 g/mol. The van der Waals surface area contributed by atoms with Gasteiger partial charge in [-0.05, 0) is 31.5 Å². The van der Waals surface area contributed by atoms with Crippen molar-refractivity contribution >= 4 is 21.8 Å². The number of fused-ring (bicyclic) bond motifs is 3. The number of aromatic hydroxyl groups is 1. The Balaban J connectivity index is 2.40. The molecule has 2 aromatic heterocycles. The number of unbranched alkanes of at least 4 members (excludes halogenated alkanes) is 1. The van der Waals surface area contributed by atoms with Crippen LogP contribution in [0.5, 0.6) is 5.75 Å². The van der Waals surface area contributed by atoms with Crippen LogP contribution in [0.15, 0.2) is 30.5 Å². The van der Waals surface area contributed by atoms with Gasteiger partial charge in [0.05, 0.1) is 16.7 Å². The largest absolute Gasteiger partial charge is 0.508 e. The van der Waals surface area contributed by atoms with Crippen LogP contribution in [-0.4, -0.2) is 14.7 Å². The molecule has 0 atom stereocenters. The van der Waals surface area contributed by atoms with Crippen LogP contribution >= 0.6 is 0 Å². The van der Waals surface area contributed by atoms with E-state index in [9.17, 15) is 5.11 Å². The maximum atomic E-state index is 9.75. The highest BCUT2D eigenvalue weighted by atomic mass is 16.3. The Morgan fingerprint density at radius 2 is 2.05 bits per heavy atom. The van der Waals surface area contributed by atoms with Gasteiger partial charge in [0.2, 0.25) is 0 Å². The number of phenolic OH excluding ortho intramolecular Hbond substituents is 1. The van der Waals surface area contributed by atoms with Gasteiger partial charge in [-0.15, -0.1) is 0 Å². The number of aryl methyl sites for hydroxylation is 2. The van der Waals surface area contributed by atoms with Crippen LogP contribution in [0.25, 0.3) is 21.8 Å². The average Bonchev–Trinajstić information content (AvgIpc) is 2.71. The van der Waals surface area contributed by atoms with Crippen molar-refractivity contribution in [3.8, 4) is 5.75 Å². The van der Waals surface area contributed by atoms with Gasteiger partial charge in [-0.2, -0.15) is 0 Å². The lowest BCUT2D eigenvalue weighted by molar-refractivity contribution is 0.476. The smallest absolute Gasteiger partial charge is 0.117 e. The predicted octanol–water partition coefficient (Wildman–Crippen LogP) is 4.00. The first-order valence-electron chi connectivity index (χ1n) is 6.79. The van der Waals surface area contributed by atoms with Crippen molar-refractivity contribution in [1.82, 2.24) is 9.55 Å². The van der Waals surface area contributed by atoms with Gasteiger partial charge >= 0.3 is 0 Å². The SMILES string of the molecule is CCCCn1c2cc(O)ccc2c2ccnc(C)c21. The highest BCUT2D eigenvalue weighted by Gasteiger charge is 2.12. The lowest BCUT2D eigenvalue weighted by Crippen LogP contribution is -1.99. The summed E-state index contributed by atoms with van der Waals surface area (Å²) in [5.74, 6) is 0.318. The molecule has 3 aromatic rings. The van der Waals surface area contributed by atoms with Crippen LogP contribution in [0.3, 0.4) is 0 Å². The van der Waals surface area contributed by atoms with E-state index in [4.69, 9.17) is 0 Å². The van der Waals surface area contributed by atoms with Gasteiger partial charge in [-0.3, -0.25) is 4.98 Å². The molecule has 3 heteroatoms. The number of hydrogen-bond acceptors (Lipinski definition) is 2. The highest BCUT2D eigenvalue weighted by molar-refractivity contribution is 6.08. The van der Waals surface area contributed by atoms with E-state index in [1.54, 1.807) is 6.07 Å². The highest BCUT2D eigenvalue weighted by Crippen LogP contribution is 2.32. The first-order chi connectivity index (χ1) is 9.22. The van der Waals surface area contributed by atoms with E-state index in [1.165, 1.54) is 16.3 Å². The van der Waals surface area contributed by atoms with Crippen molar-refractivity contribution in [2.24, 2.45) is 0 Å². The van der Waals surface area contributed by atoms with Gasteiger partial charge in [0.15, 0.2) is 0 Å². The van der Waals surface area contributed by atoms with E-state index in [-0.39, 0.29) is 0 Å². The number of phenols is 1. The standard InChI is InChI=1S/C16H18N2O/c1-3-4-9-18-15-10-12(19)5-6-13(15)14-7-8-17-11(2)16(14)18/h5-8,10,19H,3-4,9H2,1-2H3. The molecule has 0 fully saturated rings. The molecule has 2 heterocycles. The average molecular weight is 254 g/mol. The Hall–Kier alpha value is -2.03. The Kier molecular flexibility index (Phi) is 2.90. The quantitative estimate of drug-likeness (QED) is 0.767. The fraction of sp³-hybridized carbons (Fsp3) is 0.312. The Labute approximate surface area is 112 Å².